The van der Waals surface area contributed by atoms with E-state index in [-0.39, 0.29) is 24.1 Å². The number of hydrogen-bond acceptors (Lipinski definition) is 3. The lowest BCUT2D eigenvalue weighted by atomic mass is 10.1. The molecular formula is C16H20FN3O. The van der Waals surface area contributed by atoms with E-state index in [2.05, 4.69) is 22.1 Å². The maximum Gasteiger partial charge on any atom is 0.251 e. The lowest BCUT2D eigenvalue weighted by molar-refractivity contribution is 0.0912. The molecule has 0 aliphatic carbocycles. The molecule has 1 saturated heterocycles. The molecule has 1 aromatic rings. The fourth-order valence-corrected chi connectivity index (χ4v) is 2.46. The van der Waals surface area contributed by atoms with Crippen LogP contribution in [0.1, 0.15) is 28.8 Å². The molecule has 1 heterocycles. The van der Waals surface area contributed by atoms with E-state index in [0.717, 1.165) is 25.9 Å². The van der Waals surface area contributed by atoms with Crippen LogP contribution in [0.2, 0.25) is 0 Å². The first-order chi connectivity index (χ1) is 10.1. The van der Waals surface area contributed by atoms with Gasteiger partial charge in [-0.05, 0) is 44.6 Å². The second-order valence-electron chi connectivity index (χ2n) is 5.28. The first-order valence-corrected chi connectivity index (χ1v) is 7.08. The third-order valence-corrected chi connectivity index (χ3v) is 3.52. The Labute approximate surface area is 124 Å². The standard InChI is InChI=1S/C16H20FN3O/c1-20-9-3-5-14(11-20)19-16(21)13-7-6-12(4-2-8-18)15(17)10-13/h6-7,10,14H,3,5,8-9,11,18H2,1H3,(H,19,21). The average Bonchev–Trinajstić information content (AvgIpc) is 2.46. The van der Waals surface area contributed by atoms with Crippen molar-refractivity contribution >= 4 is 5.91 Å². The van der Waals surface area contributed by atoms with Gasteiger partial charge in [0, 0.05) is 18.2 Å². The lowest BCUT2D eigenvalue weighted by Crippen LogP contribution is -2.46. The third-order valence-electron chi connectivity index (χ3n) is 3.52. The van der Waals surface area contributed by atoms with Crippen molar-refractivity contribution in [1.82, 2.24) is 10.2 Å². The summed E-state index contributed by atoms with van der Waals surface area (Å²) in [5, 5.41) is 2.95. The predicted molar refractivity (Wildman–Crippen MR) is 80.3 cm³/mol. The number of amides is 1. The van der Waals surface area contributed by atoms with Crippen LogP contribution in [-0.2, 0) is 0 Å². The maximum absolute atomic E-state index is 13.8. The summed E-state index contributed by atoms with van der Waals surface area (Å²) in [5.74, 6) is 4.49. The number of likely N-dealkylation sites (N-methyl/N-ethyl adjacent to an activating group) is 1. The predicted octanol–water partition coefficient (Wildman–Crippen LogP) is 0.960. The molecule has 1 unspecified atom stereocenters. The molecule has 0 bridgehead atoms. The van der Waals surface area contributed by atoms with Gasteiger partial charge in [0.05, 0.1) is 12.1 Å². The van der Waals surface area contributed by atoms with E-state index in [0.29, 0.717) is 5.56 Å². The van der Waals surface area contributed by atoms with Crippen LogP contribution in [0.3, 0.4) is 0 Å². The highest BCUT2D eigenvalue weighted by atomic mass is 19.1. The summed E-state index contributed by atoms with van der Waals surface area (Å²) in [7, 11) is 2.03. The van der Waals surface area contributed by atoms with Crippen LogP contribution in [-0.4, -0.2) is 43.5 Å². The van der Waals surface area contributed by atoms with Gasteiger partial charge in [0.25, 0.3) is 5.91 Å². The molecule has 21 heavy (non-hydrogen) atoms. The summed E-state index contributed by atoms with van der Waals surface area (Å²) in [6.07, 6.45) is 2.02. The van der Waals surface area contributed by atoms with Crippen molar-refractivity contribution in [3.63, 3.8) is 0 Å². The largest absolute Gasteiger partial charge is 0.348 e. The molecule has 1 atom stereocenters. The van der Waals surface area contributed by atoms with Gasteiger partial charge >= 0.3 is 0 Å². The zero-order valence-corrected chi connectivity index (χ0v) is 12.2. The summed E-state index contributed by atoms with van der Waals surface area (Å²) in [6.45, 7) is 2.06. The number of nitrogens with one attached hydrogen (secondary N) is 1. The quantitative estimate of drug-likeness (QED) is 0.797. The summed E-state index contributed by atoms with van der Waals surface area (Å²) < 4.78 is 13.8. The van der Waals surface area contributed by atoms with Crippen molar-refractivity contribution in [2.24, 2.45) is 5.73 Å². The number of likely N-dealkylation sites (tertiary alicyclic amines) is 1. The van der Waals surface area contributed by atoms with E-state index in [1.165, 1.54) is 12.1 Å². The number of carbonyl (C=O) groups excluding carboxylic acids is 1. The number of nitrogens with two attached hydrogens (primary N) is 1. The highest BCUT2D eigenvalue weighted by molar-refractivity contribution is 5.94. The first kappa shape index (κ1) is 15.5. The number of hydrogen-bond donors (Lipinski definition) is 2. The highest BCUT2D eigenvalue weighted by Gasteiger charge is 2.19. The molecule has 3 N–H and O–H groups in total. The Hall–Kier alpha value is -1.90. The molecule has 112 valence electrons. The van der Waals surface area contributed by atoms with Gasteiger partial charge < -0.3 is 16.0 Å². The van der Waals surface area contributed by atoms with Crippen molar-refractivity contribution < 1.29 is 9.18 Å². The Morgan fingerprint density at radius 3 is 3.05 bits per heavy atom. The summed E-state index contributed by atoms with van der Waals surface area (Å²) in [6, 6.07) is 4.45. The normalized spacial score (nSPS) is 18.7. The van der Waals surface area contributed by atoms with Gasteiger partial charge in [-0.2, -0.15) is 0 Å². The van der Waals surface area contributed by atoms with Gasteiger partial charge in [-0.15, -0.1) is 0 Å². The number of benzene rings is 1. The molecule has 1 fully saturated rings. The number of halogens is 1. The molecule has 5 heteroatoms. The minimum atomic E-state index is -0.496. The highest BCUT2D eigenvalue weighted by Crippen LogP contribution is 2.12. The van der Waals surface area contributed by atoms with Gasteiger partial charge in [0.2, 0.25) is 0 Å². The van der Waals surface area contributed by atoms with E-state index in [1.54, 1.807) is 6.07 Å². The monoisotopic (exact) mass is 289 g/mol. The second-order valence-corrected chi connectivity index (χ2v) is 5.28. The Kier molecular flexibility index (Phi) is 5.32. The van der Waals surface area contributed by atoms with Crippen LogP contribution in [0.4, 0.5) is 4.39 Å². The topological polar surface area (TPSA) is 58.4 Å². The molecule has 0 aromatic heterocycles. The van der Waals surface area contributed by atoms with Gasteiger partial charge in [-0.3, -0.25) is 4.79 Å². The van der Waals surface area contributed by atoms with Crippen LogP contribution in [0.5, 0.6) is 0 Å². The molecule has 0 spiro atoms. The van der Waals surface area contributed by atoms with Crippen LogP contribution in [0.15, 0.2) is 18.2 Å². The summed E-state index contributed by atoms with van der Waals surface area (Å²) in [4.78, 5) is 14.3. The molecule has 1 aromatic carbocycles. The van der Waals surface area contributed by atoms with Gasteiger partial charge in [0.1, 0.15) is 5.82 Å². The van der Waals surface area contributed by atoms with Crippen LogP contribution >= 0.6 is 0 Å². The van der Waals surface area contributed by atoms with Gasteiger partial charge in [-0.1, -0.05) is 11.8 Å². The number of rotatable bonds is 2. The van der Waals surface area contributed by atoms with Crippen molar-refractivity contribution in [2.45, 2.75) is 18.9 Å². The Bertz CT molecular complexity index is 577. The van der Waals surface area contributed by atoms with E-state index in [4.69, 9.17) is 5.73 Å². The van der Waals surface area contributed by atoms with Gasteiger partial charge in [-0.25, -0.2) is 4.39 Å². The Morgan fingerprint density at radius 2 is 2.38 bits per heavy atom. The zero-order chi connectivity index (χ0) is 15.2. The molecule has 2 rings (SSSR count). The number of nitrogens with zero attached hydrogens (tertiary/aromatic N) is 1. The van der Waals surface area contributed by atoms with Crippen molar-refractivity contribution in [3.05, 3.63) is 35.1 Å². The van der Waals surface area contributed by atoms with Gasteiger partial charge in [0.15, 0.2) is 0 Å². The van der Waals surface area contributed by atoms with E-state index in [9.17, 15) is 9.18 Å². The molecule has 1 aliphatic rings. The fourth-order valence-electron chi connectivity index (χ4n) is 2.46. The van der Waals surface area contributed by atoms with Crippen LogP contribution in [0, 0.1) is 17.7 Å². The Balaban J connectivity index is 2.04. The minimum Gasteiger partial charge on any atom is -0.348 e. The van der Waals surface area contributed by atoms with Crippen LogP contribution < -0.4 is 11.1 Å². The van der Waals surface area contributed by atoms with E-state index < -0.39 is 5.82 Å². The molecular weight excluding hydrogens is 269 g/mol. The van der Waals surface area contributed by atoms with Crippen LogP contribution in [0.25, 0.3) is 0 Å². The molecule has 1 aliphatic heterocycles. The smallest absolute Gasteiger partial charge is 0.251 e. The SMILES string of the molecule is CN1CCCC(NC(=O)c2ccc(C#CCN)c(F)c2)C1. The maximum atomic E-state index is 13.8. The van der Waals surface area contributed by atoms with E-state index in [1.807, 2.05) is 7.05 Å². The molecule has 0 saturated carbocycles. The second kappa shape index (κ2) is 7.21. The van der Waals surface area contributed by atoms with Crippen molar-refractivity contribution in [2.75, 3.05) is 26.7 Å². The molecule has 4 nitrogen and oxygen atoms in total. The average molecular weight is 289 g/mol. The summed E-state index contributed by atoms with van der Waals surface area (Å²) >= 11 is 0. The number of piperidine rings is 1. The lowest BCUT2D eigenvalue weighted by Gasteiger charge is -2.30. The minimum absolute atomic E-state index is 0.121. The Morgan fingerprint density at radius 1 is 1.57 bits per heavy atom. The summed E-state index contributed by atoms with van der Waals surface area (Å²) in [5.41, 5.74) is 5.83. The van der Waals surface area contributed by atoms with E-state index >= 15 is 0 Å². The first-order valence-electron chi connectivity index (χ1n) is 7.08. The molecule has 0 radical (unpaired) electrons. The number of carbonyl (C=O) groups is 1. The van der Waals surface area contributed by atoms with Crippen molar-refractivity contribution in [3.8, 4) is 11.8 Å². The molecule has 1 amide bonds. The zero-order valence-electron chi connectivity index (χ0n) is 12.2. The third kappa shape index (κ3) is 4.28. The fraction of sp³-hybridized carbons (Fsp3) is 0.438. The van der Waals surface area contributed by atoms with Crippen molar-refractivity contribution in [1.29, 1.82) is 0 Å².